The average molecular weight is 426 g/mol. The van der Waals surface area contributed by atoms with Gasteiger partial charge in [0.1, 0.15) is 12.1 Å². The lowest BCUT2D eigenvalue weighted by atomic mass is 9.77. The Morgan fingerprint density at radius 2 is 1.94 bits per heavy atom. The minimum atomic E-state index is -0.929. The van der Waals surface area contributed by atoms with Crippen molar-refractivity contribution in [1.29, 1.82) is 5.26 Å². The number of imide groups is 1. The number of carbonyl (C=O) groups excluding carboxylic acids is 4. The number of amides is 4. The first-order valence-electron chi connectivity index (χ1n) is 10.4. The third kappa shape index (κ3) is 5.02. The van der Waals surface area contributed by atoms with Crippen LogP contribution in [0, 0.1) is 17.2 Å². The molecule has 0 aromatic heterocycles. The number of esters is 1. The minimum absolute atomic E-state index is 0.123. The molecule has 9 heteroatoms. The second-order valence-corrected chi connectivity index (χ2v) is 8.04. The molecule has 4 amide bonds. The Morgan fingerprint density at radius 1 is 1.26 bits per heavy atom. The summed E-state index contributed by atoms with van der Waals surface area (Å²) >= 11 is 0. The molecule has 1 spiro atoms. The molecule has 0 unspecified atom stereocenters. The van der Waals surface area contributed by atoms with E-state index in [9.17, 15) is 19.2 Å². The number of rotatable bonds is 7. The van der Waals surface area contributed by atoms with Crippen LogP contribution in [0.25, 0.3) is 0 Å². The van der Waals surface area contributed by atoms with Crippen molar-refractivity contribution < 1.29 is 23.9 Å². The topological polar surface area (TPSA) is 120 Å². The van der Waals surface area contributed by atoms with E-state index in [0.29, 0.717) is 24.4 Å². The predicted octanol–water partition coefficient (Wildman–Crippen LogP) is 1.98. The van der Waals surface area contributed by atoms with Crippen molar-refractivity contribution in [1.82, 2.24) is 10.2 Å². The van der Waals surface area contributed by atoms with E-state index in [4.69, 9.17) is 10.00 Å². The van der Waals surface area contributed by atoms with Gasteiger partial charge >= 0.3 is 12.0 Å². The van der Waals surface area contributed by atoms with E-state index < -0.39 is 42.5 Å². The first-order valence-corrected chi connectivity index (χ1v) is 10.4. The van der Waals surface area contributed by atoms with E-state index >= 15 is 0 Å². The number of nitrogens with one attached hydrogen (secondary N) is 1. The number of carbonyl (C=O) groups is 4. The molecule has 3 rings (SSSR count). The number of nitrogens with zero attached hydrogens (tertiary/aromatic N) is 3. The normalized spacial score (nSPS) is 22.7. The third-order valence-corrected chi connectivity index (χ3v) is 5.83. The van der Waals surface area contributed by atoms with Gasteiger partial charge in [-0.05, 0) is 43.7 Å². The first kappa shape index (κ1) is 22.3. The summed E-state index contributed by atoms with van der Waals surface area (Å²) in [6.07, 6.45) is 2.88. The highest BCUT2D eigenvalue weighted by molar-refractivity contribution is 6.08. The molecule has 1 N–H and O–H groups in total. The molecule has 1 aromatic carbocycles. The molecule has 1 heterocycles. The Morgan fingerprint density at radius 3 is 2.58 bits per heavy atom. The van der Waals surface area contributed by atoms with Gasteiger partial charge in [-0.2, -0.15) is 5.26 Å². The fraction of sp³-hybridized carbons (Fsp3) is 0.500. The van der Waals surface area contributed by atoms with Crippen molar-refractivity contribution in [3.63, 3.8) is 0 Å². The van der Waals surface area contributed by atoms with Crippen molar-refractivity contribution in [2.45, 2.75) is 44.6 Å². The molecular formula is C22H26N4O5. The van der Waals surface area contributed by atoms with Gasteiger partial charge in [0.15, 0.2) is 6.61 Å². The summed E-state index contributed by atoms with van der Waals surface area (Å²) in [5.41, 5.74) is -0.345. The average Bonchev–Trinajstić information content (AvgIpc) is 2.99. The van der Waals surface area contributed by atoms with Gasteiger partial charge in [0.25, 0.3) is 11.8 Å². The van der Waals surface area contributed by atoms with Gasteiger partial charge < -0.3 is 15.0 Å². The maximum Gasteiger partial charge on any atom is 0.326 e. The molecule has 164 valence electrons. The van der Waals surface area contributed by atoms with E-state index in [2.05, 4.69) is 12.2 Å². The highest BCUT2D eigenvalue weighted by atomic mass is 16.5. The van der Waals surface area contributed by atoms with Gasteiger partial charge in [-0.15, -0.1) is 0 Å². The highest BCUT2D eigenvalue weighted by Crippen LogP contribution is 2.36. The van der Waals surface area contributed by atoms with Gasteiger partial charge in [-0.25, -0.2) is 4.79 Å². The Kier molecular flexibility index (Phi) is 6.90. The molecule has 0 bridgehead atoms. The highest BCUT2D eigenvalue weighted by Gasteiger charge is 2.52. The summed E-state index contributed by atoms with van der Waals surface area (Å²) in [4.78, 5) is 52.2. The maximum absolute atomic E-state index is 12.8. The van der Waals surface area contributed by atoms with Crippen LogP contribution in [0.5, 0.6) is 0 Å². The lowest BCUT2D eigenvalue weighted by molar-refractivity contribution is -0.150. The number of benzene rings is 1. The lowest BCUT2D eigenvalue weighted by Crippen LogP contribution is -2.49. The molecule has 1 aromatic rings. The summed E-state index contributed by atoms with van der Waals surface area (Å²) in [6, 6.07) is 10.1. The summed E-state index contributed by atoms with van der Waals surface area (Å²) in [7, 11) is 0. The smallest absolute Gasteiger partial charge is 0.326 e. The molecule has 31 heavy (non-hydrogen) atoms. The van der Waals surface area contributed by atoms with Crippen molar-refractivity contribution in [3.8, 4) is 6.07 Å². The van der Waals surface area contributed by atoms with Crippen LogP contribution < -0.4 is 10.2 Å². The van der Waals surface area contributed by atoms with E-state index in [1.807, 2.05) is 6.07 Å². The van der Waals surface area contributed by atoms with Gasteiger partial charge in [0, 0.05) is 12.2 Å². The predicted molar refractivity (Wildman–Crippen MR) is 111 cm³/mol. The second kappa shape index (κ2) is 9.60. The number of urea groups is 1. The largest absolute Gasteiger partial charge is 0.454 e. The second-order valence-electron chi connectivity index (χ2n) is 8.04. The zero-order valence-electron chi connectivity index (χ0n) is 17.5. The summed E-state index contributed by atoms with van der Waals surface area (Å²) in [6.45, 7) is 1.17. The number of hydrogen-bond acceptors (Lipinski definition) is 6. The van der Waals surface area contributed by atoms with E-state index in [1.54, 1.807) is 30.3 Å². The van der Waals surface area contributed by atoms with Gasteiger partial charge in [0.2, 0.25) is 0 Å². The van der Waals surface area contributed by atoms with Gasteiger partial charge in [0.05, 0.1) is 12.5 Å². The summed E-state index contributed by atoms with van der Waals surface area (Å²) in [5, 5.41) is 11.6. The third-order valence-electron chi connectivity index (χ3n) is 5.83. The van der Waals surface area contributed by atoms with Crippen LogP contribution in [0.4, 0.5) is 10.5 Å². The fourth-order valence-corrected chi connectivity index (χ4v) is 3.98. The molecule has 1 aliphatic heterocycles. The molecule has 1 saturated carbocycles. The van der Waals surface area contributed by atoms with Crippen LogP contribution in [0.1, 0.15) is 39.0 Å². The van der Waals surface area contributed by atoms with Gasteiger partial charge in [-0.3, -0.25) is 19.3 Å². The zero-order chi connectivity index (χ0) is 22.4. The summed E-state index contributed by atoms with van der Waals surface area (Å²) < 4.78 is 5.05. The zero-order valence-corrected chi connectivity index (χ0v) is 17.5. The maximum atomic E-state index is 12.8. The number of para-hydroxylation sites is 1. The Hall–Kier alpha value is -3.41. The minimum Gasteiger partial charge on any atom is -0.454 e. The van der Waals surface area contributed by atoms with Crippen molar-refractivity contribution >= 4 is 29.5 Å². The number of anilines is 1. The van der Waals surface area contributed by atoms with Crippen LogP contribution in [-0.2, 0) is 19.1 Å². The number of ether oxygens (including phenoxy) is 1. The van der Waals surface area contributed by atoms with Crippen LogP contribution in [0.2, 0.25) is 0 Å². The van der Waals surface area contributed by atoms with Crippen LogP contribution in [-0.4, -0.2) is 54.0 Å². The van der Waals surface area contributed by atoms with Crippen LogP contribution in [0.3, 0.4) is 0 Å². The van der Waals surface area contributed by atoms with Crippen molar-refractivity contribution in [3.05, 3.63) is 30.3 Å². The molecule has 2 fully saturated rings. The van der Waals surface area contributed by atoms with Crippen molar-refractivity contribution in [2.75, 3.05) is 24.6 Å². The molecule has 0 radical (unpaired) electrons. The molecule has 2 aliphatic rings. The Labute approximate surface area is 180 Å². The number of nitriles is 1. The van der Waals surface area contributed by atoms with E-state index in [0.717, 1.165) is 17.7 Å². The molecule has 1 aliphatic carbocycles. The molecular weight excluding hydrogens is 400 g/mol. The molecule has 0 atom stereocenters. The standard InChI is InChI=1S/C22H26N4O5/c1-16-8-10-22(11-9-16)20(29)26(21(30)24-22)14-19(28)31-15-18(27)25(13-5-12-23)17-6-3-2-4-7-17/h2-4,6-7,16H,5,8-11,13-15H2,1H3,(H,24,30). The number of hydrogen-bond donors (Lipinski definition) is 1. The quantitative estimate of drug-likeness (QED) is 0.526. The van der Waals surface area contributed by atoms with E-state index in [-0.39, 0.29) is 13.0 Å². The van der Waals surface area contributed by atoms with E-state index in [1.165, 1.54) is 4.90 Å². The monoisotopic (exact) mass is 426 g/mol. The molecule has 9 nitrogen and oxygen atoms in total. The van der Waals surface area contributed by atoms with Crippen LogP contribution >= 0.6 is 0 Å². The van der Waals surface area contributed by atoms with Crippen LogP contribution in [0.15, 0.2) is 30.3 Å². The first-order chi connectivity index (χ1) is 14.9. The Balaban J connectivity index is 1.56. The SMILES string of the molecule is CC1CCC2(CC1)NC(=O)N(CC(=O)OCC(=O)N(CCC#N)c1ccccc1)C2=O. The van der Waals surface area contributed by atoms with Crippen molar-refractivity contribution in [2.24, 2.45) is 5.92 Å². The summed E-state index contributed by atoms with van der Waals surface area (Å²) in [5.74, 6) is -1.25. The Bertz CT molecular complexity index is 887. The van der Waals surface area contributed by atoms with Gasteiger partial charge in [-0.1, -0.05) is 25.1 Å². The lowest BCUT2D eigenvalue weighted by Gasteiger charge is -2.33. The fourth-order valence-electron chi connectivity index (χ4n) is 3.98. The molecule has 1 saturated heterocycles.